The van der Waals surface area contributed by atoms with E-state index in [1.54, 1.807) is 24.3 Å². The normalized spacial score (nSPS) is 19.0. The molecule has 2 atom stereocenters. The Labute approximate surface area is 216 Å². The van der Waals surface area contributed by atoms with E-state index in [1.807, 2.05) is 42.5 Å². The summed E-state index contributed by atoms with van der Waals surface area (Å²) in [5, 5.41) is 0. The zero-order chi connectivity index (χ0) is 25.2. The summed E-state index contributed by atoms with van der Waals surface area (Å²) in [5.41, 5.74) is 5.02. The molecule has 1 aliphatic carbocycles. The van der Waals surface area contributed by atoms with Crippen LogP contribution in [0.1, 0.15) is 35.2 Å². The maximum Gasteiger partial charge on any atom is 0.322 e. The van der Waals surface area contributed by atoms with E-state index in [2.05, 4.69) is 42.5 Å². The fraction of sp³-hybridized carbons (Fsp3) is 0.152. The van der Waals surface area contributed by atoms with Gasteiger partial charge in [-0.05, 0) is 83.8 Å². The first-order valence-electron chi connectivity index (χ1n) is 12.7. The van der Waals surface area contributed by atoms with E-state index in [4.69, 9.17) is 9.47 Å². The number of ketones is 1. The van der Waals surface area contributed by atoms with E-state index in [1.165, 1.54) is 5.57 Å². The average molecular weight is 487 g/mol. The van der Waals surface area contributed by atoms with Crippen LogP contribution in [0.15, 0.2) is 109 Å². The molecule has 2 aliphatic rings. The van der Waals surface area contributed by atoms with Crippen LogP contribution in [0.3, 0.4) is 0 Å². The molecule has 4 aromatic carbocycles. The van der Waals surface area contributed by atoms with E-state index in [0.29, 0.717) is 11.3 Å². The summed E-state index contributed by atoms with van der Waals surface area (Å²) < 4.78 is 11.4. The molecule has 1 heterocycles. The molecule has 6 rings (SSSR count). The molecular weight excluding hydrogens is 460 g/mol. The third-order valence-corrected chi connectivity index (χ3v) is 7.15. The fourth-order valence-corrected chi connectivity index (χ4v) is 5.25. The van der Waals surface area contributed by atoms with Gasteiger partial charge in [0.2, 0.25) is 0 Å². The smallest absolute Gasteiger partial charge is 0.322 e. The molecule has 0 N–H and O–H groups in total. The second kappa shape index (κ2) is 9.90. The molecule has 4 heteroatoms. The number of hydrogen-bond donors (Lipinski definition) is 0. The molecule has 0 saturated heterocycles. The highest BCUT2D eigenvalue weighted by Crippen LogP contribution is 2.39. The molecule has 37 heavy (non-hydrogen) atoms. The molecule has 0 radical (unpaired) electrons. The highest BCUT2D eigenvalue weighted by Gasteiger charge is 2.41. The maximum absolute atomic E-state index is 13.2. The molecule has 4 aromatic rings. The van der Waals surface area contributed by atoms with Gasteiger partial charge < -0.3 is 9.47 Å². The minimum atomic E-state index is -0.777. The van der Waals surface area contributed by atoms with Crippen molar-refractivity contribution < 1.29 is 19.1 Å². The van der Waals surface area contributed by atoms with Crippen LogP contribution in [-0.4, -0.2) is 11.8 Å². The molecule has 1 aliphatic heterocycles. The van der Waals surface area contributed by atoms with Crippen molar-refractivity contribution in [2.45, 2.75) is 19.3 Å². The third kappa shape index (κ3) is 4.70. The van der Waals surface area contributed by atoms with Gasteiger partial charge in [-0.1, -0.05) is 72.8 Å². The van der Waals surface area contributed by atoms with Crippen molar-refractivity contribution in [2.24, 2.45) is 11.8 Å². The van der Waals surface area contributed by atoms with Crippen molar-refractivity contribution in [1.29, 1.82) is 0 Å². The van der Waals surface area contributed by atoms with Crippen LogP contribution in [0.5, 0.6) is 17.2 Å². The lowest BCUT2D eigenvalue weighted by molar-refractivity contribution is -0.139. The Morgan fingerprint density at radius 2 is 1.30 bits per heavy atom. The van der Waals surface area contributed by atoms with E-state index >= 15 is 0 Å². The molecule has 4 nitrogen and oxygen atoms in total. The highest BCUT2D eigenvalue weighted by atomic mass is 16.5. The van der Waals surface area contributed by atoms with E-state index in [9.17, 15) is 9.59 Å². The van der Waals surface area contributed by atoms with Crippen molar-refractivity contribution in [3.05, 3.63) is 120 Å². The Balaban J connectivity index is 1.19. The molecule has 0 bridgehead atoms. The quantitative estimate of drug-likeness (QED) is 0.164. The second-order valence-electron chi connectivity index (χ2n) is 9.52. The number of ether oxygens (including phenoxy) is 2. The molecule has 0 spiro atoms. The Kier molecular flexibility index (Phi) is 6.15. The van der Waals surface area contributed by atoms with Crippen molar-refractivity contribution in [3.8, 4) is 28.4 Å². The first kappa shape index (κ1) is 23.0. The Bertz CT molecular complexity index is 1470. The summed E-state index contributed by atoms with van der Waals surface area (Å²) in [6, 6.07) is 33.3. The monoisotopic (exact) mass is 486 g/mol. The molecule has 0 amide bonds. The SMILES string of the molecule is O=C1Oc2ccccc2C(=O)C1C1C=C(c2ccc(-c3ccc(Oc4ccccc4)cc3)cc2)CCC1. The number of allylic oxidation sites excluding steroid dienone is 2. The number of hydrogen-bond acceptors (Lipinski definition) is 4. The summed E-state index contributed by atoms with van der Waals surface area (Å²) in [4.78, 5) is 25.9. The van der Waals surface area contributed by atoms with Crippen LogP contribution < -0.4 is 9.47 Å². The number of carbonyl (C=O) groups excluding carboxylic acids is 2. The topological polar surface area (TPSA) is 52.6 Å². The van der Waals surface area contributed by atoms with Gasteiger partial charge in [0.25, 0.3) is 0 Å². The standard InChI is InChI=1S/C33H26O4/c34-32-29-11-4-5-12-30(29)37-33(35)31(32)26-8-6-7-25(21-26)24-15-13-22(14-16-24)23-17-19-28(20-18-23)36-27-9-2-1-3-10-27/h1-5,9-21,26,31H,6-8H2. The first-order chi connectivity index (χ1) is 18.2. The van der Waals surface area contributed by atoms with Gasteiger partial charge in [0.1, 0.15) is 23.2 Å². The van der Waals surface area contributed by atoms with E-state index in [0.717, 1.165) is 47.5 Å². The number of rotatable bonds is 5. The van der Waals surface area contributed by atoms with Crippen molar-refractivity contribution in [1.82, 2.24) is 0 Å². The van der Waals surface area contributed by atoms with Gasteiger partial charge in [-0.3, -0.25) is 9.59 Å². The molecule has 0 saturated carbocycles. The first-order valence-corrected chi connectivity index (χ1v) is 12.7. The number of esters is 1. The van der Waals surface area contributed by atoms with Crippen LogP contribution in [0, 0.1) is 11.8 Å². The van der Waals surface area contributed by atoms with Gasteiger partial charge >= 0.3 is 5.97 Å². The summed E-state index contributed by atoms with van der Waals surface area (Å²) in [6.07, 6.45) is 4.77. The minimum absolute atomic E-state index is 0.135. The molecule has 0 fully saturated rings. The number of fused-ring (bicyclic) bond motifs is 1. The van der Waals surface area contributed by atoms with Crippen LogP contribution >= 0.6 is 0 Å². The third-order valence-electron chi connectivity index (χ3n) is 7.15. The van der Waals surface area contributed by atoms with E-state index in [-0.39, 0.29) is 11.7 Å². The van der Waals surface area contributed by atoms with Crippen LogP contribution in [0.2, 0.25) is 0 Å². The largest absolute Gasteiger partial charge is 0.457 e. The van der Waals surface area contributed by atoms with Gasteiger partial charge in [-0.25, -0.2) is 0 Å². The fourth-order valence-electron chi connectivity index (χ4n) is 5.25. The van der Waals surface area contributed by atoms with Crippen LogP contribution in [-0.2, 0) is 4.79 Å². The summed E-state index contributed by atoms with van der Waals surface area (Å²) in [5.74, 6) is 0.458. The molecule has 2 unspecified atom stereocenters. The Morgan fingerprint density at radius 3 is 2.05 bits per heavy atom. The van der Waals surface area contributed by atoms with Crippen LogP contribution in [0.4, 0.5) is 0 Å². The molecule has 182 valence electrons. The Hall–Kier alpha value is -4.44. The zero-order valence-corrected chi connectivity index (χ0v) is 20.3. The predicted molar refractivity (Wildman–Crippen MR) is 144 cm³/mol. The molecule has 0 aromatic heterocycles. The van der Waals surface area contributed by atoms with E-state index < -0.39 is 11.9 Å². The number of para-hydroxylation sites is 2. The van der Waals surface area contributed by atoms with Gasteiger partial charge in [0, 0.05) is 0 Å². The van der Waals surface area contributed by atoms with Crippen molar-refractivity contribution in [2.75, 3.05) is 0 Å². The van der Waals surface area contributed by atoms with Crippen molar-refractivity contribution >= 4 is 17.3 Å². The summed E-state index contributed by atoms with van der Waals surface area (Å²) >= 11 is 0. The lowest BCUT2D eigenvalue weighted by atomic mass is 9.76. The van der Waals surface area contributed by atoms with Gasteiger partial charge in [-0.15, -0.1) is 0 Å². The average Bonchev–Trinajstić information content (AvgIpc) is 2.94. The minimum Gasteiger partial charge on any atom is -0.457 e. The van der Waals surface area contributed by atoms with Crippen molar-refractivity contribution in [3.63, 3.8) is 0 Å². The highest BCUT2D eigenvalue weighted by molar-refractivity contribution is 6.13. The lowest BCUT2D eigenvalue weighted by Gasteiger charge is -2.30. The number of Topliss-reactive ketones (excluding diaryl/α,β-unsaturated/α-hetero) is 1. The predicted octanol–water partition coefficient (Wildman–Crippen LogP) is 7.75. The van der Waals surface area contributed by atoms with Gasteiger partial charge in [0.05, 0.1) is 5.56 Å². The maximum atomic E-state index is 13.2. The molecular formula is C33H26O4. The number of carbonyl (C=O) groups is 2. The summed E-state index contributed by atoms with van der Waals surface area (Å²) in [7, 11) is 0. The second-order valence-corrected chi connectivity index (χ2v) is 9.52. The van der Waals surface area contributed by atoms with Gasteiger partial charge in [0.15, 0.2) is 5.78 Å². The van der Waals surface area contributed by atoms with Gasteiger partial charge in [-0.2, -0.15) is 0 Å². The Morgan fingerprint density at radius 1 is 0.676 bits per heavy atom. The zero-order valence-electron chi connectivity index (χ0n) is 20.3. The summed E-state index contributed by atoms with van der Waals surface area (Å²) in [6.45, 7) is 0. The lowest BCUT2D eigenvalue weighted by Crippen LogP contribution is -2.38. The van der Waals surface area contributed by atoms with Crippen LogP contribution in [0.25, 0.3) is 16.7 Å². The number of benzene rings is 4.